The molecule has 0 aliphatic carbocycles. The molecule has 4 heterocycles. The van der Waals surface area contributed by atoms with Gasteiger partial charge in [-0.1, -0.05) is 12.5 Å². The average molecular weight is 328 g/mol. The van der Waals surface area contributed by atoms with Crippen molar-refractivity contribution in [2.24, 2.45) is 0 Å². The van der Waals surface area contributed by atoms with E-state index in [4.69, 9.17) is 21.6 Å². The van der Waals surface area contributed by atoms with Gasteiger partial charge in [-0.15, -0.1) is 18.2 Å². The Morgan fingerprint density at radius 1 is 1.43 bits per heavy atom. The van der Waals surface area contributed by atoms with Crippen LogP contribution < -0.4 is 5.73 Å². The van der Waals surface area contributed by atoms with E-state index >= 15 is 0 Å². The number of terminal acetylenes is 1. The van der Waals surface area contributed by atoms with Crippen molar-refractivity contribution in [3.05, 3.63) is 29.6 Å². The Morgan fingerprint density at radius 3 is 2.96 bits per heavy atom. The van der Waals surface area contributed by atoms with E-state index < -0.39 is 5.79 Å². The molecule has 0 saturated carbocycles. The first-order valence-corrected chi connectivity index (χ1v) is 8.08. The summed E-state index contributed by atoms with van der Waals surface area (Å²) in [6.45, 7) is 7.92. The molecular weight excluding hydrogens is 312 g/mol. The molecule has 0 bridgehead atoms. The van der Waals surface area contributed by atoms with Gasteiger partial charge in [-0.25, -0.2) is 9.97 Å². The van der Waals surface area contributed by atoms with Crippen LogP contribution in [-0.4, -0.2) is 32.5 Å². The number of aromatic nitrogens is 3. The van der Waals surface area contributed by atoms with Crippen LogP contribution in [0.15, 0.2) is 24.0 Å². The lowest BCUT2D eigenvalue weighted by molar-refractivity contribution is -0.145. The molecule has 118 valence electrons. The summed E-state index contributed by atoms with van der Waals surface area (Å²) < 4.78 is 14.0. The third kappa shape index (κ3) is 2.06. The van der Waals surface area contributed by atoms with Crippen molar-refractivity contribution < 1.29 is 9.47 Å². The predicted molar refractivity (Wildman–Crippen MR) is 89.5 cm³/mol. The second-order valence-corrected chi connectivity index (χ2v) is 7.29. The van der Waals surface area contributed by atoms with Crippen LogP contribution in [0.3, 0.4) is 0 Å². The van der Waals surface area contributed by atoms with Gasteiger partial charge in [-0.3, -0.25) is 0 Å². The fourth-order valence-electron chi connectivity index (χ4n) is 3.16. The Hall–Kier alpha value is -2.01. The molecule has 2 N–H and O–H groups in total. The lowest BCUT2D eigenvalue weighted by atomic mass is 10.2. The first kappa shape index (κ1) is 14.6. The minimum Gasteiger partial charge on any atom is -0.383 e. The van der Waals surface area contributed by atoms with Gasteiger partial charge in [-0.05, 0) is 13.8 Å². The van der Waals surface area contributed by atoms with E-state index in [0.717, 1.165) is 4.91 Å². The first-order valence-electron chi connectivity index (χ1n) is 7.20. The largest absolute Gasteiger partial charge is 0.383 e. The molecule has 4 rings (SSSR count). The molecule has 2 fully saturated rings. The molecule has 1 unspecified atom stereocenters. The van der Waals surface area contributed by atoms with Gasteiger partial charge in [0.2, 0.25) is 0 Å². The quantitative estimate of drug-likeness (QED) is 0.810. The highest BCUT2D eigenvalue weighted by Gasteiger charge is 2.52. The second kappa shape index (κ2) is 4.74. The van der Waals surface area contributed by atoms with Gasteiger partial charge >= 0.3 is 0 Å². The number of nitrogens with zero attached hydrogens (tertiary/aromatic N) is 3. The van der Waals surface area contributed by atoms with Crippen molar-refractivity contribution in [1.29, 1.82) is 0 Å². The molecule has 2 saturated heterocycles. The van der Waals surface area contributed by atoms with Crippen LogP contribution in [0.1, 0.15) is 24.8 Å². The normalized spacial score (nSPS) is 28.9. The van der Waals surface area contributed by atoms with Crippen molar-refractivity contribution in [1.82, 2.24) is 14.5 Å². The molecule has 2 aromatic rings. The standard InChI is InChI=1S/C16H16N4O2S/c1-5-9-6-20(14-10(9)13(17)18-7-19-14)15-12-11(8(2)23-15)21-16(3,4)22-12/h1,6-7,11-12,15H,2H2,3-4H3,(H2,17,18,19)/t11?,12-,15+/m0/s1. The summed E-state index contributed by atoms with van der Waals surface area (Å²) in [5, 5.41) is 0.635. The Bertz CT molecular complexity index is 867. The molecule has 0 amide bonds. The van der Waals surface area contributed by atoms with E-state index in [-0.39, 0.29) is 17.6 Å². The number of hydrogen-bond donors (Lipinski definition) is 1. The highest BCUT2D eigenvalue weighted by atomic mass is 32.2. The number of ether oxygens (including phenoxy) is 2. The SMILES string of the molecule is C#Cc1cn([C@@H]2SC(=C)C3OC(C)(C)O[C@@H]32)c2ncnc(N)c12. The Balaban J connectivity index is 1.86. The number of rotatable bonds is 1. The van der Waals surface area contributed by atoms with Gasteiger partial charge in [0.1, 0.15) is 35.4 Å². The van der Waals surface area contributed by atoms with Gasteiger partial charge in [-0.2, -0.15) is 0 Å². The number of hydrogen-bond acceptors (Lipinski definition) is 6. The molecule has 2 aliphatic heterocycles. The van der Waals surface area contributed by atoms with E-state index in [9.17, 15) is 0 Å². The molecule has 7 heteroatoms. The Morgan fingerprint density at radius 2 is 2.22 bits per heavy atom. The van der Waals surface area contributed by atoms with Crippen molar-refractivity contribution in [2.45, 2.75) is 37.2 Å². The maximum absolute atomic E-state index is 6.08. The summed E-state index contributed by atoms with van der Waals surface area (Å²) in [5.74, 6) is 2.40. The fraction of sp³-hybridized carbons (Fsp3) is 0.375. The number of anilines is 1. The molecule has 6 nitrogen and oxygen atoms in total. The second-order valence-electron chi connectivity index (χ2n) is 6.05. The minimum absolute atomic E-state index is 0.0619. The van der Waals surface area contributed by atoms with Crippen molar-refractivity contribution in [2.75, 3.05) is 5.73 Å². The van der Waals surface area contributed by atoms with Gasteiger partial charge in [0.05, 0.1) is 10.9 Å². The summed E-state index contributed by atoms with van der Waals surface area (Å²) in [5.41, 5.74) is 7.35. The highest BCUT2D eigenvalue weighted by Crippen LogP contribution is 2.53. The van der Waals surface area contributed by atoms with E-state index in [0.29, 0.717) is 22.4 Å². The minimum atomic E-state index is -0.635. The molecule has 0 radical (unpaired) electrons. The Labute approximate surface area is 138 Å². The lowest BCUT2D eigenvalue weighted by Gasteiger charge is -2.22. The summed E-state index contributed by atoms with van der Waals surface area (Å²) in [6.07, 6.45) is 8.63. The van der Waals surface area contributed by atoms with Crippen LogP contribution in [0.5, 0.6) is 0 Å². The zero-order chi connectivity index (χ0) is 16.4. The summed E-state index contributed by atoms with van der Waals surface area (Å²) >= 11 is 1.60. The van der Waals surface area contributed by atoms with Crippen LogP contribution in [0.25, 0.3) is 11.0 Å². The average Bonchev–Trinajstić information content (AvgIpc) is 3.10. The molecule has 2 aromatic heterocycles. The van der Waals surface area contributed by atoms with Crippen molar-refractivity contribution >= 4 is 28.6 Å². The van der Waals surface area contributed by atoms with Crippen molar-refractivity contribution in [3.8, 4) is 12.3 Å². The molecule has 3 atom stereocenters. The van der Waals surface area contributed by atoms with E-state index in [1.165, 1.54) is 6.33 Å². The predicted octanol–water partition coefficient (Wildman–Crippen LogP) is 2.27. The first-order chi connectivity index (χ1) is 10.9. The highest BCUT2D eigenvalue weighted by molar-refractivity contribution is 8.03. The maximum atomic E-state index is 6.08. The third-order valence-corrected chi connectivity index (χ3v) is 5.34. The van der Waals surface area contributed by atoms with E-state index in [2.05, 4.69) is 22.5 Å². The number of nitrogen functional groups attached to an aromatic ring is 1. The van der Waals surface area contributed by atoms with Crippen LogP contribution >= 0.6 is 11.8 Å². The molecule has 0 aromatic carbocycles. The Kier molecular flexibility index (Phi) is 3.00. The van der Waals surface area contributed by atoms with Crippen LogP contribution in [0, 0.1) is 12.3 Å². The zero-order valence-electron chi connectivity index (χ0n) is 12.8. The third-order valence-electron chi connectivity index (χ3n) is 4.07. The summed E-state index contributed by atoms with van der Waals surface area (Å²) in [6, 6.07) is 0. The van der Waals surface area contributed by atoms with E-state index in [1.54, 1.807) is 11.8 Å². The van der Waals surface area contributed by atoms with Crippen LogP contribution in [0.4, 0.5) is 5.82 Å². The lowest BCUT2D eigenvalue weighted by Crippen LogP contribution is -2.26. The monoisotopic (exact) mass is 328 g/mol. The van der Waals surface area contributed by atoms with Gasteiger partial charge in [0, 0.05) is 11.1 Å². The molecular formula is C16H16N4O2S. The number of nitrogens with two attached hydrogens (primary N) is 1. The van der Waals surface area contributed by atoms with Crippen LogP contribution in [-0.2, 0) is 9.47 Å². The van der Waals surface area contributed by atoms with Crippen molar-refractivity contribution in [3.63, 3.8) is 0 Å². The van der Waals surface area contributed by atoms with Gasteiger partial charge < -0.3 is 19.8 Å². The smallest absolute Gasteiger partial charge is 0.164 e. The van der Waals surface area contributed by atoms with Crippen LogP contribution in [0.2, 0.25) is 0 Å². The van der Waals surface area contributed by atoms with Gasteiger partial charge in [0.15, 0.2) is 5.79 Å². The molecule has 2 aliphatic rings. The maximum Gasteiger partial charge on any atom is 0.164 e. The molecule has 0 spiro atoms. The fourth-order valence-corrected chi connectivity index (χ4v) is 4.40. The number of thioether (sulfide) groups is 1. The summed E-state index contributed by atoms with van der Waals surface area (Å²) in [7, 11) is 0. The van der Waals surface area contributed by atoms with E-state index in [1.807, 2.05) is 24.6 Å². The zero-order valence-corrected chi connectivity index (χ0v) is 13.6. The summed E-state index contributed by atoms with van der Waals surface area (Å²) in [4.78, 5) is 9.35. The topological polar surface area (TPSA) is 75.2 Å². The van der Waals surface area contributed by atoms with Gasteiger partial charge in [0.25, 0.3) is 0 Å². The molecule has 23 heavy (non-hydrogen) atoms. The number of fused-ring (bicyclic) bond motifs is 2.